The van der Waals surface area contributed by atoms with Crippen molar-refractivity contribution < 1.29 is 4.79 Å². The van der Waals surface area contributed by atoms with E-state index in [1.165, 1.54) is 0 Å². The number of nitrogens with zero attached hydrogens (tertiary/aromatic N) is 5. The zero-order valence-electron chi connectivity index (χ0n) is 11.3. The fourth-order valence-electron chi connectivity index (χ4n) is 2.18. The molecule has 1 aromatic rings. The molecular formula is C12H17ClN6O. The summed E-state index contributed by atoms with van der Waals surface area (Å²) in [5, 5.41) is 3.43. The number of carbonyl (C=O) groups is 1. The molecule has 0 aromatic carbocycles. The van der Waals surface area contributed by atoms with Crippen molar-refractivity contribution in [2.24, 2.45) is 0 Å². The van der Waals surface area contributed by atoms with Crippen LogP contribution in [-0.4, -0.2) is 58.0 Å². The summed E-state index contributed by atoms with van der Waals surface area (Å²) in [7, 11) is 0. The van der Waals surface area contributed by atoms with Gasteiger partial charge < -0.3 is 15.1 Å². The van der Waals surface area contributed by atoms with Gasteiger partial charge in [-0.2, -0.15) is 15.0 Å². The molecule has 0 atom stereocenters. The summed E-state index contributed by atoms with van der Waals surface area (Å²) in [6.45, 7) is 4.38. The minimum Gasteiger partial charge on any atom is -0.351 e. The first kappa shape index (κ1) is 13.4. The van der Waals surface area contributed by atoms with E-state index in [-0.39, 0.29) is 11.2 Å². The van der Waals surface area contributed by atoms with Gasteiger partial charge >= 0.3 is 0 Å². The van der Waals surface area contributed by atoms with Crippen LogP contribution < -0.4 is 10.2 Å². The van der Waals surface area contributed by atoms with E-state index in [1.807, 2.05) is 9.80 Å². The largest absolute Gasteiger partial charge is 0.351 e. The van der Waals surface area contributed by atoms with E-state index in [0.717, 1.165) is 12.8 Å². The van der Waals surface area contributed by atoms with Crippen molar-refractivity contribution in [3.63, 3.8) is 0 Å². The van der Waals surface area contributed by atoms with Crippen LogP contribution in [0.25, 0.3) is 0 Å². The maximum absolute atomic E-state index is 11.3. The zero-order chi connectivity index (χ0) is 14.1. The lowest BCUT2D eigenvalue weighted by Gasteiger charge is -2.34. The second kappa shape index (κ2) is 5.40. The van der Waals surface area contributed by atoms with Crippen LogP contribution in [0, 0.1) is 0 Å². The number of hydrogen-bond donors (Lipinski definition) is 1. The Bertz CT molecular complexity index is 513. The first-order valence-corrected chi connectivity index (χ1v) is 7.18. The number of piperazine rings is 1. The summed E-state index contributed by atoms with van der Waals surface area (Å²) >= 11 is 5.96. The highest BCUT2D eigenvalue weighted by Gasteiger charge is 2.24. The number of nitrogens with one attached hydrogen (secondary N) is 1. The van der Waals surface area contributed by atoms with E-state index in [0.29, 0.717) is 44.1 Å². The lowest BCUT2D eigenvalue weighted by atomic mass is 10.3. The number of carbonyl (C=O) groups excluding carboxylic acids is 1. The minimum absolute atomic E-state index is 0.106. The smallest absolute Gasteiger partial charge is 0.231 e. The van der Waals surface area contributed by atoms with Crippen LogP contribution in [0.1, 0.15) is 19.8 Å². The van der Waals surface area contributed by atoms with Crippen molar-refractivity contribution in [3.8, 4) is 0 Å². The Morgan fingerprint density at radius 1 is 1.20 bits per heavy atom. The van der Waals surface area contributed by atoms with Crippen molar-refractivity contribution in [2.75, 3.05) is 36.4 Å². The summed E-state index contributed by atoms with van der Waals surface area (Å²) < 4.78 is 0. The number of rotatable bonds is 3. The van der Waals surface area contributed by atoms with E-state index in [2.05, 4.69) is 20.3 Å². The van der Waals surface area contributed by atoms with Gasteiger partial charge in [-0.15, -0.1) is 0 Å². The Labute approximate surface area is 122 Å². The minimum atomic E-state index is 0.106. The molecular weight excluding hydrogens is 280 g/mol. The molecule has 0 radical (unpaired) electrons. The van der Waals surface area contributed by atoms with Gasteiger partial charge in [0.1, 0.15) is 0 Å². The predicted molar refractivity (Wildman–Crippen MR) is 75.9 cm³/mol. The molecule has 0 spiro atoms. The molecule has 20 heavy (non-hydrogen) atoms. The monoisotopic (exact) mass is 296 g/mol. The average Bonchev–Trinajstić information content (AvgIpc) is 3.22. The van der Waals surface area contributed by atoms with Gasteiger partial charge in [-0.3, -0.25) is 4.79 Å². The Morgan fingerprint density at radius 3 is 2.50 bits per heavy atom. The highest BCUT2D eigenvalue weighted by molar-refractivity contribution is 6.28. The second-order valence-corrected chi connectivity index (χ2v) is 5.48. The lowest BCUT2D eigenvalue weighted by Crippen LogP contribution is -2.48. The molecule has 2 fully saturated rings. The number of anilines is 2. The molecule has 1 aromatic heterocycles. The Balaban J connectivity index is 1.70. The molecule has 1 aliphatic carbocycles. The third kappa shape index (κ3) is 3.09. The van der Waals surface area contributed by atoms with Gasteiger partial charge in [-0.25, -0.2) is 0 Å². The van der Waals surface area contributed by atoms with Crippen LogP contribution >= 0.6 is 11.6 Å². The lowest BCUT2D eigenvalue weighted by molar-refractivity contribution is -0.129. The van der Waals surface area contributed by atoms with Gasteiger partial charge in [0, 0.05) is 39.1 Å². The molecule has 108 valence electrons. The van der Waals surface area contributed by atoms with E-state index in [1.54, 1.807) is 6.92 Å². The molecule has 1 saturated carbocycles. The van der Waals surface area contributed by atoms with E-state index in [9.17, 15) is 4.79 Å². The SMILES string of the molecule is CC(=O)N1CCN(c2nc(Cl)nc(NC3CC3)n2)CC1. The third-order valence-corrected chi connectivity index (χ3v) is 3.68. The summed E-state index contributed by atoms with van der Waals surface area (Å²) in [5.41, 5.74) is 0. The molecule has 1 N–H and O–H groups in total. The van der Waals surface area contributed by atoms with Crippen LogP contribution in [0.2, 0.25) is 5.28 Å². The van der Waals surface area contributed by atoms with Crippen LogP contribution in [0.5, 0.6) is 0 Å². The Morgan fingerprint density at radius 2 is 1.90 bits per heavy atom. The fourth-order valence-corrected chi connectivity index (χ4v) is 2.33. The normalized spacial score (nSPS) is 19.1. The van der Waals surface area contributed by atoms with Crippen LogP contribution in [-0.2, 0) is 4.79 Å². The molecule has 0 bridgehead atoms. The molecule has 1 saturated heterocycles. The molecule has 2 heterocycles. The summed E-state index contributed by atoms with van der Waals surface area (Å²) in [6, 6.07) is 0.468. The highest BCUT2D eigenvalue weighted by atomic mass is 35.5. The molecule has 2 aliphatic rings. The molecule has 7 nitrogen and oxygen atoms in total. The van der Waals surface area contributed by atoms with Crippen molar-refractivity contribution >= 4 is 29.4 Å². The van der Waals surface area contributed by atoms with Crippen molar-refractivity contribution in [2.45, 2.75) is 25.8 Å². The van der Waals surface area contributed by atoms with Crippen LogP contribution in [0.3, 0.4) is 0 Å². The van der Waals surface area contributed by atoms with Gasteiger partial charge in [0.05, 0.1) is 0 Å². The van der Waals surface area contributed by atoms with Crippen LogP contribution in [0.15, 0.2) is 0 Å². The maximum Gasteiger partial charge on any atom is 0.231 e. The first-order valence-electron chi connectivity index (χ1n) is 6.80. The van der Waals surface area contributed by atoms with E-state index in [4.69, 9.17) is 11.6 Å². The molecule has 0 unspecified atom stereocenters. The Kier molecular flexibility index (Phi) is 3.60. The quantitative estimate of drug-likeness (QED) is 0.888. The Hall–Kier alpha value is -1.63. The zero-order valence-corrected chi connectivity index (χ0v) is 12.1. The van der Waals surface area contributed by atoms with Crippen molar-refractivity contribution in [3.05, 3.63) is 5.28 Å². The highest BCUT2D eigenvalue weighted by Crippen LogP contribution is 2.24. The van der Waals surface area contributed by atoms with Gasteiger partial charge in [-0.05, 0) is 24.4 Å². The van der Waals surface area contributed by atoms with Crippen molar-refractivity contribution in [1.29, 1.82) is 0 Å². The fraction of sp³-hybridized carbons (Fsp3) is 0.667. The maximum atomic E-state index is 11.3. The standard InChI is InChI=1S/C12H17ClN6O/c1-8(20)18-4-6-19(7-5-18)12-16-10(13)15-11(17-12)14-9-2-3-9/h9H,2-7H2,1H3,(H,14,15,16,17). The third-order valence-electron chi connectivity index (χ3n) is 3.51. The van der Waals surface area contributed by atoms with E-state index >= 15 is 0 Å². The summed E-state index contributed by atoms with van der Waals surface area (Å²) in [5.74, 6) is 1.22. The van der Waals surface area contributed by atoms with Gasteiger partial charge in [0.2, 0.25) is 23.1 Å². The summed E-state index contributed by atoms with van der Waals surface area (Å²) in [6.07, 6.45) is 2.30. The number of hydrogen-bond acceptors (Lipinski definition) is 6. The summed E-state index contributed by atoms with van der Waals surface area (Å²) in [4.78, 5) is 27.9. The number of amides is 1. The molecule has 8 heteroatoms. The van der Waals surface area contributed by atoms with Crippen LogP contribution in [0.4, 0.5) is 11.9 Å². The van der Waals surface area contributed by atoms with Gasteiger partial charge in [-0.1, -0.05) is 0 Å². The number of aromatic nitrogens is 3. The second-order valence-electron chi connectivity index (χ2n) is 5.14. The van der Waals surface area contributed by atoms with Gasteiger partial charge in [0.25, 0.3) is 0 Å². The van der Waals surface area contributed by atoms with Gasteiger partial charge in [0.15, 0.2) is 0 Å². The topological polar surface area (TPSA) is 74.2 Å². The molecule has 1 aliphatic heterocycles. The predicted octanol–water partition coefficient (Wildman–Crippen LogP) is 0.768. The van der Waals surface area contributed by atoms with Crippen molar-refractivity contribution in [1.82, 2.24) is 19.9 Å². The average molecular weight is 297 g/mol. The number of halogens is 1. The first-order chi connectivity index (χ1) is 9.61. The van der Waals surface area contributed by atoms with E-state index < -0.39 is 0 Å². The molecule has 3 rings (SSSR count). The molecule has 1 amide bonds.